The van der Waals surface area contributed by atoms with Gasteiger partial charge in [-0.25, -0.2) is 0 Å². The number of nitrogens with zero attached hydrogens (tertiary/aromatic N) is 1. The molecule has 0 aliphatic carbocycles. The van der Waals surface area contributed by atoms with Crippen LogP contribution in [-0.4, -0.2) is 35.7 Å². The van der Waals surface area contributed by atoms with Gasteiger partial charge in [-0.15, -0.1) is 0 Å². The molecule has 1 unspecified atom stereocenters. The smallest absolute Gasteiger partial charge is 0.234 e. The number of piperidine rings is 1. The summed E-state index contributed by atoms with van der Waals surface area (Å²) in [5.41, 5.74) is 1.09. The van der Waals surface area contributed by atoms with Gasteiger partial charge in [-0.2, -0.15) is 0 Å². The van der Waals surface area contributed by atoms with E-state index in [4.69, 9.17) is 0 Å². The van der Waals surface area contributed by atoms with E-state index in [9.17, 15) is 9.59 Å². The molecule has 1 aliphatic heterocycles. The number of hydrogen-bond donors (Lipinski definition) is 1. The van der Waals surface area contributed by atoms with E-state index in [-0.39, 0.29) is 17.7 Å². The second-order valence-corrected chi connectivity index (χ2v) is 5.36. The molecular formula is C16H22N2O2. The van der Waals surface area contributed by atoms with E-state index < -0.39 is 0 Å². The molecule has 1 atom stereocenters. The molecule has 1 aromatic rings. The summed E-state index contributed by atoms with van der Waals surface area (Å²) in [6.07, 6.45) is 3.02. The summed E-state index contributed by atoms with van der Waals surface area (Å²) >= 11 is 0. The minimum atomic E-state index is -0.0776. The van der Waals surface area contributed by atoms with Crippen LogP contribution in [0.15, 0.2) is 30.3 Å². The summed E-state index contributed by atoms with van der Waals surface area (Å²) in [7, 11) is 0. The van der Waals surface area contributed by atoms with E-state index in [1.807, 2.05) is 35.2 Å². The van der Waals surface area contributed by atoms with Crippen molar-refractivity contribution in [1.29, 1.82) is 0 Å². The van der Waals surface area contributed by atoms with Crippen LogP contribution in [0.1, 0.15) is 31.7 Å². The number of carbonyl (C=O) groups excluding carboxylic acids is 2. The summed E-state index contributed by atoms with van der Waals surface area (Å²) in [5.74, 6) is 0.155. The van der Waals surface area contributed by atoms with Crippen LogP contribution >= 0.6 is 0 Å². The van der Waals surface area contributed by atoms with E-state index in [0.29, 0.717) is 13.1 Å². The number of rotatable bonds is 5. The lowest BCUT2D eigenvalue weighted by Gasteiger charge is -2.33. The van der Waals surface area contributed by atoms with Crippen molar-refractivity contribution in [3.8, 4) is 0 Å². The SMILES string of the molecule is CC(=O)C1CCCCN1CC(=O)NCc1ccccc1. The van der Waals surface area contributed by atoms with Crippen LogP contribution in [0.3, 0.4) is 0 Å². The summed E-state index contributed by atoms with van der Waals surface area (Å²) < 4.78 is 0. The van der Waals surface area contributed by atoms with Crippen LogP contribution in [-0.2, 0) is 16.1 Å². The molecule has 0 radical (unpaired) electrons. The van der Waals surface area contributed by atoms with Gasteiger partial charge in [0.05, 0.1) is 12.6 Å². The first-order chi connectivity index (χ1) is 9.66. The molecule has 2 rings (SSSR count). The zero-order valence-electron chi connectivity index (χ0n) is 12.0. The van der Waals surface area contributed by atoms with Crippen molar-refractivity contribution in [3.05, 3.63) is 35.9 Å². The first kappa shape index (κ1) is 14.7. The van der Waals surface area contributed by atoms with Crippen LogP contribution in [0.25, 0.3) is 0 Å². The fourth-order valence-corrected chi connectivity index (χ4v) is 2.68. The quantitative estimate of drug-likeness (QED) is 0.890. The van der Waals surface area contributed by atoms with Gasteiger partial charge in [0, 0.05) is 6.54 Å². The van der Waals surface area contributed by atoms with Crippen molar-refractivity contribution in [2.45, 2.75) is 38.8 Å². The van der Waals surface area contributed by atoms with E-state index in [0.717, 1.165) is 31.4 Å². The van der Waals surface area contributed by atoms with Crippen LogP contribution in [0.5, 0.6) is 0 Å². The molecule has 0 bridgehead atoms. The van der Waals surface area contributed by atoms with E-state index >= 15 is 0 Å². The number of ketones is 1. The monoisotopic (exact) mass is 274 g/mol. The van der Waals surface area contributed by atoms with Crippen LogP contribution < -0.4 is 5.32 Å². The van der Waals surface area contributed by atoms with Crippen LogP contribution in [0, 0.1) is 0 Å². The largest absolute Gasteiger partial charge is 0.351 e. The number of nitrogens with one attached hydrogen (secondary N) is 1. The molecule has 0 spiro atoms. The maximum Gasteiger partial charge on any atom is 0.234 e. The van der Waals surface area contributed by atoms with Crippen molar-refractivity contribution in [1.82, 2.24) is 10.2 Å². The number of likely N-dealkylation sites (tertiary alicyclic amines) is 1. The van der Waals surface area contributed by atoms with Gasteiger partial charge in [-0.3, -0.25) is 14.5 Å². The highest BCUT2D eigenvalue weighted by atomic mass is 16.2. The van der Waals surface area contributed by atoms with Crippen LogP contribution in [0.2, 0.25) is 0 Å². The van der Waals surface area contributed by atoms with Gasteiger partial charge in [0.1, 0.15) is 5.78 Å². The maximum atomic E-state index is 12.0. The number of Topliss-reactive ketones (excluding diaryl/α,β-unsaturated/α-hetero) is 1. The Hall–Kier alpha value is -1.68. The molecule has 1 saturated heterocycles. The molecule has 1 aromatic carbocycles. The average Bonchev–Trinajstić information content (AvgIpc) is 2.46. The molecule has 1 aliphatic rings. The first-order valence-corrected chi connectivity index (χ1v) is 7.22. The Morgan fingerprint density at radius 3 is 2.70 bits per heavy atom. The number of amides is 1. The second-order valence-electron chi connectivity index (χ2n) is 5.36. The lowest BCUT2D eigenvalue weighted by molar-refractivity contribution is -0.127. The minimum absolute atomic E-state index is 0.0120. The standard InChI is InChI=1S/C16H22N2O2/c1-13(19)15-9-5-6-10-18(15)12-16(20)17-11-14-7-3-2-4-8-14/h2-4,7-8,15H,5-6,9-12H2,1H3,(H,17,20). The van der Waals surface area contributed by atoms with Crippen molar-refractivity contribution in [2.24, 2.45) is 0 Å². The maximum absolute atomic E-state index is 12.0. The van der Waals surface area contributed by atoms with Gasteiger partial charge in [-0.1, -0.05) is 36.8 Å². The zero-order valence-corrected chi connectivity index (χ0v) is 12.0. The number of hydrogen-bond acceptors (Lipinski definition) is 3. The highest BCUT2D eigenvalue weighted by Crippen LogP contribution is 2.17. The Morgan fingerprint density at radius 1 is 1.25 bits per heavy atom. The Morgan fingerprint density at radius 2 is 2.00 bits per heavy atom. The zero-order chi connectivity index (χ0) is 14.4. The molecule has 1 heterocycles. The molecular weight excluding hydrogens is 252 g/mol. The van der Waals surface area contributed by atoms with Gasteiger partial charge in [0.25, 0.3) is 0 Å². The predicted octanol–water partition coefficient (Wildman–Crippen LogP) is 1.75. The van der Waals surface area contributed by atoms with Crippen molar-refractivity contribution in [3.63, 3.8) is 0 Å². The summed E-state index contributed by atoms with van der Waals surface area (Å²) in [5, 5.41) is 2.91. The highest BCUT2D eigenvalue weighted by Gasteiger charge is 2.27. The van der Waals surface area contributed by atoms with Gasteiger partial charge in [0.15, 0.2) is 0 Å². The molecule has 0 saturated carbocycles. The average molecular weight is 274 g/mol. The first-order valence-electron chi connectivity index (χ1n) is 7.22. The predicted molar refractivity (Wildman–Crippen MR) is 78.2 cm³/mol. The molecule has 1 fully saturated rings. The van der Waals surface area contributed by atoms with Gasteiger partial charge >= 0.3 is 0 Å². The Labute approximate surface area is 120 Å². The van der Waals surface area contributed by atoms with E-state index in [1.165, 1.54) is 0 Å². The minimum Gasteiger partial charge on any atom is -0.351 e. The molecule has 108 valence electrons. The molecule has 1 amide bonds. The van der Waals surface area contributed by atoms with E-state index in [2.05, 4.69) is 5.32 Å². The van der Waals surface area contributed by atoms with E-state index in [1.54, 1.807) is 6.92 Å². The lowest BCUT2D eigenvalue weighted by Crippen LogP contribution is -2.48. The third-order valence-electron chi connectivity index (χ3n) is 3.76. The summed E-state index contributed by atoms with van der Waals surface area (Å²) in [6, 6.07) is 9.76. The highest BCUT2D eigenvalue weighted by molar-refractivity contribution is 5.83. The van der Waals surface area contributed by atoms with Crippen molar-refractivity contribution >= 4 is 11.7 Å². The molecule has 4 nitrogen and oxygen atoms in total. The third-order valence-corrected chi connectivity index (χ3v) is 3.76. The molecule has 0 aromatic heterocycles. The second kappa shape index (κ2) is 7.20. The number of benzene rings is 1. The fraction of sp³-hybridized carbons (Fsp3) is 0.500. The third kappa shape index (κ3) is 4.17. The fourth-order valence-electron chi connectivity index (χ4n) is 2.68. The van der Waals surface area contributed by atoms with Gasteiger partial charge < -0.3 is 5.32 Å². The molecule has 1 N–H and O–H groups in total. The van der Waals surface area contributed by atoms with Crippen molar-refractivity contribution < 1.29 is 9.59 Å². The molecule has 4 heteroatoms. The Balaban J connectivity index is 1.82. The molecule has 20 heavy (non-hydrogen) atoms. The summed E-state index contributed by atoms with van der Waals surface area (Å²) in [4.78, 5) is 25.6. The normalized spacial score (nSPS) is 19.6. The lowest BCUT2D eigenvalue weighted by atomic mass is 9.99. The Kier molecular flexibility index (Phi) is 5.30. The van der Waals surface area contributed by atoms with Crippen molar-refractivity contribution in [2.75, 3.05) is 13.1 Å². The topological polar surface area (TPSA) is 49.4 Å². The van der Waals surface area contributed by atoms with Crippen LogP contribution in [0.4, 0.5) is 0 Å². The number of carbonyl (C=O) groups is 2. The Bertz CT molecular complexity index is 459. The van der Waals surface area contributed by atoms with Gasteiger partial charge in [0.2, 0.25) is 5.91 Å². The summed E-state index contributed by atoms with van der Waals surface area (Å²) in [6.45, 7) is 3.31. The van der Waals surface area contributed by atoms with Gasteiger partial charge in [-0.05, 0) is 31.9 Å².